The van der Waals surface area contributed by atoms with Crippen LogP contribution in [-0.2, 0) is 33.0 Å². The molecule has 1 N–H and O–H groups in total. The Labute approximate surface area is 169 Å². The SMILES string of the molecule is Cc1nn(C)c(C)c1CNC(=O)c1cc(COc2ccc3c(c2)CCC3)cs1. The average molecular weight is 396 g/mol. The second-order valence-electron chi connectivity index (χ2n) is 7.35. The highest BCUT2D eigenvalue weighted by molar-refractivity contribution is 7.12. The number of thiophene rings is 1. The lowest BCUT2D eigenvalue weighted by Gasteiger charge is -2.07. The summed E-state index contributed by atoms with van der Waals surface area (Å²) in [6.45, 7) is 4.95. The smallest absolute Gasteiger partial charge is 0.261 e. The fourth-order valence-electron chi connectivity index (χ4n) is 3.70. The Kier molecular flexibility index (Phi) is 5.22. The fraction of sp³-hybridized carbons (Fsp3) is 0.364. The summed E-state index contributed by atoms with van der Waals surface area (Å²) in [5.41, 5.74) is 6.98. The zero-order valence-electron chi connectivity index (χ0n) is 16.5. The molecule has 0 spiro atoms. The molecule has 1 aromatic carbocycles. The normalized spacial score (nSPS) is 12.8. The van der Waals surface area contributed by atoms with Crippen LogP contribution in [0, 0.1) is 13.8 Å². The van der Waals surface area contributed by atoms with Gasteiger partial charge in [0.25, 0.3) is 5.91 Å². The van der Waals surface area contributed by atoms with Gasteiger partial charge in [0.15, 0.2) is 0 Å². The molecule has 0 atom stereocenters. The number of carbonyl (C=O) groups is 1. The molecule has 0 bridgehead atoms. The van der Waals surface area contributed by atoms with E-state index in [1.165, 1.54) is 35.3 Å². The van der Waals surface area contributed by atoms with Gasteiger partial charge in [-0.25, -0.2) is 0 Å². The van der Waals surface area contributed by atoms with Crippen LogP contribution in [0.25, 0.3) is 0 Å². The molecule has 0 saturated carbocycles. The Balaban J connectivity index is 1.34. The number of fused-ring (bicyclic) bond motifs is 1. The van der Waals surface area contributed by atoms with Gasteiger partial charge in [0, 0.05) is 30.4 Å². The van der Waals surface area contributed by atoms with E-state index in [1.54, 1.807) is 0 Å². The zero-order valence-corrected chi connectivity index (χ0v) is 17.4. The second-order valence-corrected chi connectivity index (χ2v) is 8.26. The summed E-state index contributed by atoms with van der Waals surface area (Å²) < 4.78 is 7.78. The highest BCUT2D eigenvalue weighted by Crippen LogP contribution is 2.27. The minimum atomic E-state index is -0.0589. The van der Waals surface area contributed by atoms with Crippen molar-refractivity contribution in [3.8, 4) is 5.75 Å². The average Bonchev–Trinajstić information content (AvgIpc) is 3.39. The fourth-order valence-corrected chi connectivity index (χ4v) is 4.52. The van der Waals surface area contributed by atoms with Crippen molar-refractivity contribution in [2.24, 2.45) is 7.05 Å². The number of rotatable bonds is 6. The lowest BCUT2D eigenvalue weighted by molar-refractivity contribution is 0.0955. The van der Waals surface area contributed by atoms with Crippen LogP contribution >= 0.6 is 11.3 Å². The lowest BCUT2D eigenvalue weighted by Crippen LogP contribution is -2.22. The van der Waals surface area contributed by atoms with E-state index in [9.17, 15) is 4.79 Å². The van der Waals surface area contributed by atoms with Crippen LogP contribution in [0.1, 0.15) is 49.7 Å². The maximum Gasteiger partial charge on any atom is 0.261 e. The van der Waals surface area contributed by atoms with Gasteiger partial charge in [0.2, 0.25) is 0 Å². The molecule has 0 fully saturated rings. The molecule has 1 aliphatic carbocycles. The number of hydrogen-bond acceptors (Lipinski definition) is 4. The van der Waals surface area contributed by atoms with Gasteiger partial charge in [0.1, 0.15) is 12.4 Å². The number of nitrogens with one attached hydrogen (secondary N) is 1. The van der Waals surface area contributed by atoms with E-state index in [2.05, 4.69) is 22.5 Å². The molecule has 0 radical (unpaired) electrons. The molecule has 146 valence electrons. The number of carbonyl (C=O) groups excluding carboxylic acids is 1. The first-order chi connectivity index (χ1) is 13.5. The molecule has 1 amide bonds. The highest BCUT2D eigenvalue weighted by atomic mass is 32.1. The van der Waals surface area contributed by atoms with Gasteiger partial charge in [-0.3, -0.25) is 9.48 Å². The predicted molar refractivity (Wildman–Crippen MR) is 111 cm³/mol. The molecule has 1 aliphatic rings. The van der Waals surface area contributed by atoms with Gasteiger partial charge >= 0.3 is 0 Å². The van der Waals surface area contributed by atoms with Gasteiger partial charge in [-0.05, 0) is 67.8 Å². The van der Waals surface area contributed by atoms with Gasteiger partial charge in [-0.1, -0.05) is 6.07 Å². The summed E-state index contributed by atoms with van der Waals surface area (Å²) in [6.07, 6.45) is 3.56. The van der Waals surface area contributed by atoms with E-state index in [0.29, 0.717) is 18.0 Å². The Morgan fingerprint density at radius 3 is 2.86 bits per heavy atom. The summed E-state index contributed by atoms with van der Waals surface area (Å²) in [5, 5.41) is 9.38. The third-order valence-corrected chi connectivity index (χ3v) is 6.42. The zero-order chi connectivity index (χ0) is 19.7. The first-order valence-electron chi connectivity index (χ1n) is 9.60. The maximum absolute atomic E-state index is 12.5. The van der Waals surface area contributed by atoms with Crippen molar-refractivity contribution in [2.45, 2.75) is 46.3 Å². The van der Waals surface area contributed by atoms with Crippen molar-refractivity contribution >= 4 is 17.2 Å². The molecule has 0 saturated heterocycles. The van der Waals surface area contributed by atoms with Crippen molar-refractivity contribution < 1.29 is 9.53 Å². The molecular weight excluding hydrogens is 370 g/mol. The van der Waals surface area contributed by atoms with Crippen molar-refractivity contribution in [1.29, 1.82) is 0 Å². The molecule has 0 aliphatic heterocycles. The van der Waals surface area contributed by atoms with E-state index < -0.39 is 0 Å². The van der Waals surface area contributed by atoms with E-state index in [-0.39, 0.29) is 5.91 Å². The van der Waals surface area contributed by atoms with Gasteiger partial charge < -0.3 is 10.1 Å². The van der Waals surface area contributed by atoms with E-state index in [0.717, 1.165) is 34.7 Å². The molecule has 5 nitrogen and oxygen atoms in total. The molecule has 28 heavy (non-hydrogen) atoms. The van der Waals surface area contributed by atoms with Crippen molar-refractivity contribution in [3.63, 3.8) is 0 Å². The van der Waals surface area contributed by atoms with Crippen LogP contribution in [-0.4, -0.2) is 15.7 Å². The number of ether oxygens (including phenoxy) is 1. The van der Waals surface area contributed by atoms with Crippen LogP contribution in [0.2, 0.25) is 0 Å². The van der Waals surface area contributed by atoms with Gasteiger partial charge in [0.05, 0.1) is 10.6 Å². The molecule has 2 aromatic heterocycles. The van der Waals surface area contributed by atoms with Gasteiger partial charge in [-0.2, -0.15) is 5.10 Å². The molecule has 6 heteroatoms. The number of aromatic nitrogens is 2. The maximum atomic E-state index is 12.5. The molecule has 3 aromatic rings. The number of amides is 1. The standard InChI is InChI=1S/C22H25N3O2S/c1-14-20(15(2)25(3)24-14)11-23-22(26)21-9-16(13-28-21)12-27-19-8-7-17-5-4-6-18(17)10-19/h7-10,13H,4-6,11-12H2,1-3H3,(H,23,26). The Hall–Kier alpha value is -2.60. The van der Waals surface area contributed by atoms with Crippen molar-refractivity contribution in [2.75, 3.05) is 0 Å². The summed E-state index contributed by atoms with van der Waals surface area (Å²) in [5.74, 6) is 0.844. The first kappa shape index (κ1) is 18.7. The minimum absolute atomic E-state index is 0.0589. The van der Waals surface area contributed by atoms with Crippen molar-refractivity contribution in [3.05, 3.63) is 68.2 Å². The molecular formula is C22H25N3O2S. The molecule has 2 heterocycles. The number of benzene rings is 1. The molecule has 4 rings (SSSR count). The van der Waals surface area contributed by atoms with Crippen LogP contribution in [0.4, 0.5) is 0 Å². The quantitative estimate of drug-likeness (QED) is 0.684. The van der Waals surface area contributed by atoms with Crippen LogP contribution in [0.5, 0.6) is 5.75 Å². The monoisotopic (exact) mass is 395 g/mol. The highest BCUT2D eigenvalue weighted by Gasteiger charge is 2.14. The largest absolute Gasteiger partial charge is 0.489 e. The van der Waals surface area contributed by atoms with Crippen molar-refractivity contribution in [1.82, 2.24) is 15.1 Å². The van der Waals surface area contributed by atoms with Crippen LogP contribution in [0.3, 0.4) is 0 Å². The Morgan fingerprint density at radius 1 is 1.25 bits per heavy atom. The van der Waals surface area contributed by atoms with E-state index >= 15 is 0 Å². The number of aryl methyl sites for hydroxylation is 4. The summed E-state index contributed by atoms with van der Waals surface area (Å²) in [6, 6.07) is 8.28. The summed E-state index contributed by atoms with van der Waals surface area (Å²) in [7, 11) is 1.92. The van der Waals surface area contributed by atoms with Crippen LogP contribution < -0.4 is 10.1 Å². The predicted octanol–water partition coefficient (Wildman–Crippen LogP) is 4.10. The summed E-state index contributed by atoms with van der Waals surface area (Å²) >= 11 is 1.45. The third kappa shape index (κ3) is 3.83. The third-order valence-electron chi connectivity index (χ3n) is 5.44. The first-order valence-corrected chi connectivity index (χ1v) is 10.5. The lowest BCUT2D eigenvalue weighted by atomic mass is 10.1. The Morgan fingerprint density at radius 2 is 2.07 bits per heavy atom. The van der Waals surface area contributed by atoms with Gasteiger partial charge in [-0.15, -0.1) is 11.3 Å². The minimum Gasteiger partial charge on any atom is -0.489 e. The Bertz CT molecular complexity index is 1020. The number of hydrogen-bond donors (Lipinski definition) is 1. The summed E-state index contributed by atoms with van der Waals surface area (Å²) in [4.78, 5) is 13.2. The topological polar surface area (TPSA) is 56.2 Å². The van der Waals surface area contributed by atoms with Crippen LogP contribution in [0.15, 0.2) is 29.6 Å². The van der Waals surface area contributed by atoms with E-state index in [4.69, 9.17) is 4.74 Å². The second kappa shape index (κ2) is 7.80. The number of nitrogens with zero attached hydrogens (tertiary/aromatic N) is 2. The molecule has 0 unspecified atom stereocenters. The van der Waals surface area contributed by atoms with E-state index in [1.807, 2.05) is 43.1 Å².